The van der Waals surface area contributed by atoms with Crippen LogP contribution in [0.4, 0.5) is 16.5 Å². The number of anilines is 3. The second kappa shape index (κ2) is 12.8. The van der Waals surface area contributed by atoms with Gasteiger partial charge in [0.15, 0.2) is 5.13 Å². The van der Waals surface area contributed by atoms with E-state index in [0.29, 0.717) is 13.1 Å². The zero-order chi connectivity index (χ0) is 25.2. The summed E-state index contributed by atoms with van der Waals surface area (Å²) in [6.45, 7) is 2.86. The highest BCUT2D eigenvalue weighted by Crippen LogP contribution is 2.33. The van der Waals surface area contributed by atoms with Gasteiger partial charge in [-0.3, -0.25) is 4.79 Å². The average Bonchev–Trinajstić information content (AvgIpc) is 3.35. The van der Waals surface area contributed by atoms with Crippen molar-refractivity contribution in [2.24, 2.45) is 0 Å². The normalized spacial score (nSPS) is 11.6. The molecule has 186 valence electrons. The lowest BCUT2D eigenvalue weighted by Gasteiger charge is -2.14. The van der Waals surface area contributed by atoms with E-state index in [0.717, 1.165) is 45.5 Å². The third-order valence-corrected chi connectivity index (χ3v) is 6.11. The van der Waals surface area contributed by atoms with Gasteiger partial charge >= 0.3 is 0 Å². The molecule has 3 aromatic carbocycles. The van der Waals surface area contributed by atoms with Crippen molar-refractivity contribution in [1.29, 1.82) is 0 Å². The van der Waals surface area contributed by atoms with E-state index in [4.69, 9.17) is 9.72 Å². The molecule has 8 heteroatoms. The molecule has 0 aliphatic heterocycles. The summed E-state index contributed by atoms with van der Waals surface area (Å²) in [4.78, 5) is 16.5. The van der Waals surface area contributed by atoms with E-state index in [1.54, 1.807) is 0 Å². The SMILES string of the molecule is CC(=O)Nc1ccc(CCNC[C@H](O)COc2ccccc2)cc1-c1csc(Nc2ccccc2)n1. The van der Waals surface area contributed by atoms with E-state index in [1.165, 1.54) is 18.3 Å². The molecule has 1 heterocycles. The first-order valence-corrected chi connectivity index (χ1v) is 12.7. The minimum absolute atomic E-state index is 0.129. The first kappa shape index (κ1) is 25.4. The van der Waals surface area contributed by atoms with Gasteiger partial charge in [0, 0.05) is 30.1 Å². The highest BCUT2D eigenvalue weighted by Gasteiger charge is 2.12. The van der Waals surface area contributed by atoms with Crippen LogP contribution in [0.5, 0.6) is 5.75 Å². The van der Waals surface area contributed by atoms with Crippen molar-refractivity contribution < 1.29 is 14.6 Å². The fraction of sp³-hybridized carbons (Fsp3) is 0.214. The van der Waals surface area contributed by atoms with Crippen molar-refractivity contribution in [1.82, 2.24) is 10.3 Å². The van der Waals surface area contributed by atoms with Crippen LogP contribution in [0, 0.1) is 0 Å². The molecule has 0 aliphatic rings. The smallest absolute Gasteiger partial charge is 0.221 e. The summed E-state index contributed by atoms with van der Waals surface area (Å²) in [5.74, 6) is 0.614. The minimum Gasteiger partial charge on any atom is -0.491 e. The van der Waals surface area contributed by atoms with Gasteiger partial charge in [-0.05, 0) is 54.9 Å². The van der Waals surface area contributed by atoms with Gasteiger partial charge in [0.1, 0.15) is 18.5 Å². The molecular formula is C28H30N4O3S. The van der Waals surface area contributed by atoms with Crippen molar-refractivity contribution in [3.8, 4) is 17.0 Å². The number of hydrogen-bond acceptors (Lipinski definition) is 7. The fourth-order valence-electron chi connectivity index (χ4n) is 3.63. The molecule has 36 heavy (non-hydrogen) atoms. The van der Waals surface area contributed by atoms with Crippen molar-refractivity contribution >= 4 is 33.8 Å². The Morgan fingerprint density at radius 2 is 1.81 bits per heavy atom. The number of hydrogen-bond donors (Lipinski definition) is 4. The fourth-order valence-corrected chi connectivity index (χ4v) is 4.36. The first-order chi connectivity index (χ1) is 17.6. The number of aliphatic hydroxyl groups is 1. The zero-order valence-corrected chi connectivity index (χ0v) is 20.9. The van der Waals surface area contributed by atoms with Crippen LogP contribution in [0.1, 0.15) is 12.5 Å². The van der Waals surface area contributed by atoms with Crippen molar-refractivity contribution in [3.63, 3.8) is 0 Å². The Bertz CT molecular complexity index is 1250. The maximum atomic E-state index is 11.8. The molecule has 1 amide bonds. The highest BCUT2D eigenvalue weighted by molar-refractivity contribution is 7.14. The predicted molar refractivity (Wildman–Crippen MR) is 146 cm³/mol. The Balaban J connectivity index is 1.35. The van der Waals surface area contributed by atoms with E-state index in [1.807, 2.05) is 78.2 Å². The maximum Gasteiger partial charge on any atom is 0.221 e. The highest BCUT2D eigenvalue weighted by atomic mass is 32.1. The molecule has 4 N–H and O–H groups in total. The summed E-state index contributed by atoms with van der Waals surface area (Å²) in [5, 5.41) is 22.5. The minimum atomic E-state index is -0.603. The van der Waals surface area contributed by atoms with Crippen LogP contribution >= 0.6 is 11.3 Å². The Hall–Kier alpha value is -3.72. The van der Waals surface area contributed by atoms with Gasteiger partial charge in [0.2, 0.25) is 5.91 Å². The van der Waals surface area contributed by atoms with Crippen molar-refractivity contribution in [3.05, 3.63) is 89.8 Å². The monoisotopic (exact) mass is 502 g/mol. The topological polar surface area (TPSA) is 95.5 Å². The first-order valence-electron chi connectivity index (χ1n) is 11.8. The molecule has 0 unspecified atom stereocenters. The Morgan fingerprint density at radius 3 is 2.56 bits per heavy atom. The van der Waals surface area contributed by atoms with Crippen LogP contribution in [0.15, 0.2) is 84.2 Å². The number of ether oxygens (including phenoxy) is 1. The number of rotatable bonds is 12. The molecule has 4 rings (SSSR count). The van der Waals surface area contributed by atoms with Gasteiger partial charge in [0.25, 0.3) is 0 Å². The number of aromatic nitrogens is 1. The third-order valence-electron chi connectivity index (χ3n) is 5.36. The third kappa shape index (κ3) is 7.64. The summed E-state index contributed by atoms with van der Waals surface area (Å²) < 4.78 is 5.60. The van der Waals surface area contributed by atoms with Crippen molar-refractivity contribution in [2.75, 3.05) is 30.3 Å². The van der Waals surface area contributed by atoms with Crippen LogP contribution in [-0.2, 0) is 11.2 Å². The summed E-state index contributed by atoms with van der Waals surface area (Å²) >= 11 is 1.51. The van der Waals surface area contributed by atoms with Gasteiger partial charge in [-0.2, -0.15) is 0 Å². The number of aliphatic hydroxyl groups excluding tert-OH is 1. The lowest BCUT2D eigenvalue weighted by Crippen LogP contribution is -2.32. The zero-order valence-electron chi connectivity index (χ0n) is 20.1. The van der Waals surface area contributed by atoms with E-state index in [2.05, 4.69) is 22.0 Å². The predicted octanol–water partition coefficient (Wildman–Crippen LogP) is 5.08. The second-order valence-corrected chi connectivity index (χ2v) is 9.18. The van der Waals surface area contributed by atoms with Gasteiger partial charge in [-0.1, -0.05) is 42.5 Å². The van der Waals surface area contributed by atoms with Gasteiger partial charge in [-0.25, -0.2) is 4.98 Å². The number of benzene rings is 3. The van der Waals surface area contributed by atoms with E-state index in [9.17, 15) is 9.90 Å². The summed E-state index contributed by atoms with van der Waals surface area (Å²) in [5.41, 5.74) is 4.47. The van der Waals surface area contributed by atoms with E-state index in [-0.39, 0.29) is 12.5 Å². The number of nitrogens with one attached hydrogen (secondary N) is 3. The Kier molecular flexibility index (Phi) is 9.04. The van der Waals surface area contributed by atoms with Gasteiger partial charge in [0.05, 0.1) is 11.4 Å². The van der Waals surface area contributed by atoms with Crippen LogP contribution in [-0.4, -0.2) is 41.8 Å². The number of para-hydroxylation sites is 2. The number of carbonyl (C=O) groups is 1. The largest absolute Gasteiger partial charge is 0.491 e. The number of carbonyl (C=O) groups excluding carboxylic acids is 1. The van der Waals surface area contributed by atoms with E-state index >= 15 is 0 Å². The van der Waals surface area contributed by atoms with Gasteiger partial charge < -0.3 is 25.8 Å². The molecule has 4 aromatic rings. The average molecular weight is 503 g/mol. The number of thiazole rings is 1. The molecule has 0 saturated carbocycles. The quantitative estimate of drug-likeness (QED) is 0.202. The lowest BCUT2D eigenvalue weighted by atomic mass is 10.0. The summed E-state index contributed by atoms with van der Waals surface area (Å²) in [7, 11) is 0. The lowest BCUT2D eigenvalue weighted by molar-refractivity contribution is -0.114. The number of amides is 1. The Labute approximate surface area is 215 Å². The molecule has 0 fully saturated rings. The molecule has 1 aromatic heterocycles. The molecule has 0 spiro atoms. The molecular weight excluding hydrogens is 472 g/mol. The Morgan fingerprint density at radius 1 is 1.06 bits per heavy atom. The standard InChI is InChI=1S/C28H30N4O3S/c1-20(33)30-26-13-12-21(14-15-29-17-23(34)18-35-24-10-6-3-7-11-24)16-25(26)27-19-36-28(32-27)31-22-8-4-2-5-9-22/h2-13,16,19,23,29,34H,14-15,17-18H2,1H3,(H,30,33)(H,31,32)/t23-/m0/s1. The molecule has 0 bridgehead atoms. The molecule has 0 saturated heterocycles. The molecule has 1 atom stereocenters. The van der Waals surface area contributed by atoms with Crippen LogP contribution in [0.3, 0.4) is 0 Å². The van der Waals surface area contributed by atoms with Gasteiger partial charge in [-0.15, -0.1) is 11.3 Å². The molecule has 0 radical (unpaired) electrons. The summed E-state index contributed by atoms with van der Waals surface area (Å²) in [6, 6.07) is 25.3. The van der Waals surface area contributed by atoms with Crippen molar-refractivity contribution in [2.45, 2.75) is 19.4 Å². The second-order valence-electron chi connectivity index (χ2n) is 8.32. The maximum absolute atomic E-state index is 11.8. The van der Waals surface area contributed by atoms with Crippen LogP contribution < -0.4 is 20.7 Å². The number of nitrogens with zero attached hydrogens (tertiary/aromatic N) is 1. The van der Waals surface area contributed by atoms with E-state index < -0.39 is 6.10 Å². The summed E-state index contributed by atoms with van der Waals surface area (Å²) in [6.07, 6.45) is 0.159. The van der Waals surface area contributed by atoms with Crippen LogP contribution in [0.2, 0.25) is 0 Å². The van der Waals surface area contributed by atoms with Crippen LogP contribution in [0.25, 0.3) is 11.3 Å². The molecule has 0 aliphatic carbocycles. The molecule has 7 nitrogen and oxygen atoms in total.